The van der Waals surface area contributed by atoms with E-state index in [9.17, 15) is 17.6 Å². The summed E-state index contributed by atoms with van der Waals surface area (Å²) in [6, 6.07) is 3.34. The first-order valence-corrected chi connectivity index (χ1v) is 12.5. The van der Waals surface area contributed by atoms with E-state index in [2.05, 4.69) is 29.4 Å². The second kappa shape index (κ2) is 9.67. The van der Waals surface area contributed by atoms with Crippen LogP contribution in [-0.2, 0) is 14.8 Å². The number of rotatable bonds is 7. The lowest BCUT2D eigenvalue weighted by atomic mass is 9.97. The van der Waals surface area contributed by atoms with Crippen molar-refractivity contribution in [2.45, 2.75) is 50.3 Å². The Labute approximate surface area is 184 Å². The molecule has 7 nitrogen and oxygen atoms in total. The Kier molecular flexibility index (Phi) is 7.43. The van der Waals surface area contributed by atoms with E-state index in [0.717, 1.165) is 30.0 Å². The normalized spacial score (nSPS) is 16.2. The molecule has 0 spiro atoms. The van der Waals surface area contributed by atoms with E-state index in [-0.39, 0.29) is 34.8 Å². The molecule has 2 aromatic rings. The molecule has 30 heavy (non-hydrogen) atoms. The molecule has 1 aromatic heterocycles. The molecule has 164 valence electrons. The topological polar surface area (TPSA) is 92.3 Å². The minimum absolute atomic E-state index is 0.0559. The van der Waals surface area contributed by atoms with E-state index in [1.807, 2.05) is 0 Å². The molecule has 0 radical (unpaired) electrons. The second-order valence-electron chi connectivity index (χ2n) is 7.20. The predicted octanol–water partition coefficient (Wildman–Crippen LogP) is 4.27. The monoisotopic (exact) mass is 474 g/mol. The van der Waals surface area contributed by atoms with Crippen LogP contribution in [0.15, 0.2) is 23.1 Å². The third-order valence-corrected chi connectivity index (χ3v) is 8.54. The number of nitrogens with one attached hydrogen (secondary N) is 1. The van der Waals surface area contributed by atoms with Crippen LogP contribution in [0.2, 0.25) is 5.02 Å². The minimum atomic E-state index is -3.79. The number of hydrogen-bond acceptors (Lipinski definition) is 6. The molecule has 1 saturated heterocycles. The largest absolute Gasteiger partial charge is 0.300 e. The summed E-state index contributed by atoms with van der Waals surface area (Å²) in [5.74, 6) is -0.825. The van der Waals surface area contributed by atoms with Crippen LogP contribution in [0.25, 0.3) is 0 Å². The highest BCUT2D eigenvalue weighted by Crippen LogP contribution is 2.30. The maximum atomic E-state index is 13.3. The van der Waals surface area contributed by atoms with E-state index in [1.54, 1.807) is 0 Å². The van der Waals surface area contributed by atoms with Crippen LogP contribution in [0.1, 0.15) is 50.5 Å². The second-order valence-corrected chi connectivity index (χ2v) is 10.6. The molecule has 1 aromatic carbocycles. The zero-order chi connectivity index (χ0) is 21.9. The Morgan fingerprint density at radius 1 is 1.30 bits per heavy atom. The Morgan fingerprint density at radius 3 is 2.57 bits per heavy atom. The molecule has 0 saturated carbocycles. The Hall–Kier alpha value is -1.62. The van der Waals surface area contributed by atoms with Crippen molar-refractivity contribution in [3.05, 3.63) is 34.0 Å². The van der Waals surface area contributed by atoms with Crippen LogP contribution >= 0.6 is 22.9 Å². The molecule has 0 unspecified atom stereocenters. The molecular formula is C19H24ClFN4O3S2. The number of amides is 1. The van der Waals surface area contributed by atoms with Crippen LogP contribution in [0, 0.1) is 11.7 Å². The number of carbonyl (C=O) groups is 1. The van der Waals surface area contributed by atoms with Gasteiger partial charge in [-0.2, -0.15) is 4.31 Å². The number of piperidine rings is 1. The van der Waals surface area contributed by atoms with Crippen LogP contribution in [0.5, 0.6) is 0 Å². The van der Waals surface area contributed by atoms with Crippen LogP contribution in [0.3, 0.4) is 0 Å². The van der Waals surface area contributed by atoms with Crippen molar-refractivity contribution in [3.63, 3.8) is 0 Å². The van der Waals surface area contributed by atoms with Crippen LogP contribution in [0.4, 0.5) is 9.52 Å². The van der Waals surface area contributed by atoms with Gasteiger partial charge in [0.2, 0.25) is 21.1 Å². The van der Waals surface area contributed by atoms with Crippen molar-refractivity contribution < 1.29 is 17.6 Å². The van der Waals surface area contributed by atoms with Gasteiger partial charge in [0.1, 0.15) is 10.8 Å². The fraction of sp³-hybridized carbons (Fsp3) is 0.526. The average molecular weight is 475 g/mol. The molecule has 11 heteroatoms. The Balaban J connectivity index is 1.59. The highest BCUT2D eigenvalue weighted by Gasteiger charge is 2.32. The smallest absolute Gasteiger partial charge is 0.243 e. The summed E-state index contributed by atoms with van der Waals surface area (Å²) in [4.78, 5) is 12.5. The maximum absolute atomic E-state index is 13.3. The lowest BCUT2D eigenvalue weighted by molar-refractivity contribution is -0.120. The quantitative estimate of drug-likeness (QED) is 0.646. The first-order valence-electron chi connectivity index (χ1n) is 9.85. The van der Waals surface area contributed by atoms with Gasteiger partial charge in [-0.1, -0.05) is 36.8 Å². The van der Waals surface area contributed by atoms with Crippen molar-refractivity contribution in [3.8, 4) is 0 Å². The number of sulfonamides is 1. The number of halogens is 2. The van der Waals surface area contributed by atoms with Gasteiger partial charge in [0, 0.05) is 24.9 Å². The van der Waals surface area contributed by atoms with E-state index in [1.165, 1.54) is 21.7 Å². The van der Waals surface area contributed by atoms with Crippen LogP contribution in [-0.4, -0.2) is 41.9 Å². The summed E-state index contributed by atoms with van der Waals surface area (Å²) >= 11 is 7.10. The fourth-order valence-corrected chi connectivity index (χ4v) is 6.19. The molecule has 3 rings (SSSR count). The standard InChI is InChI=1S/C19H24ClFN4O3S2/c1-3-12(4-2)18-23-24-19(29-18)22-17(26)13-7-9-25(10-8-13)30(27,28)14-5-6-16(21)15(20)11-14/h5-6,11-13H,3-4,7-10H2,1-2H3,(H,22,24,26). The van der Waals surface area contributed by atoms with Gasteiger partial charge in [-0.25, -0.2) is 12.8 Å². The minimum Gasteiger partial charge on any atom is -0.300 e. The number of nitrogens with zero attached hydrogens (tertiary/aromatic N) is 3. The third kappa shape index (κ3) is 4.99. The van der Waals surface area contributed by atoms with E-state index in [4.69, 9.17) is 11.6 Å². The SMILES string of the molecule is CCC(CC)c1nnc(NC(=O)C2CCN(S(=O)(=O)c3ccc(F)c(Cl)c3)CC2)s1. The predicted molar refractivity (Wildman–Crippen MR) is 115 cm³/mol. The molecule has 0 atom stereocenters. The zero-order valence-electron chi connectivity index (χ0n) is 16.8. The van der Waals surface area contributed by atoms with Crippen LogP contribution < -0.4 is 5.32 Å². The highest BCUT2D eigenvalue weighted by atomic mass is 35.5. The number of benzene rings is 1. The van der Waals surface area contributed by atoms with Gasteiger partial charge in [-0.15, -0.1) is 10.2 Å². The van der Waals surface area contributed by atoms with Gasteiger partial charge >= 0.3 is 0 Å². The summed E-state index contributed by atoms with van der Waals surface area (Å²) in [5.41, 5.74) is 0. The van der Waals surface area contributed by atoms with Gasteiger partial charge in [-0.3, -0.25) is 4.79 Å². The molecule has 2 heterocycles. The van der Waals surface area contributed by atoms with E-state index >= 15 is 0 Å². The van der Waals surface area contributed by atoms with Gasteiger partial charge in [-0.05, 0) is 43.9 Å². The molecule has 1 aliphatic rings. The third-order valence-electron chi connectivity index (χ3n) is 5.36. The number of aromatic nitrogens is 2. The number of anilines is 1. The lowest BCUT2D eigenvalue weighted by Crippen LogP contribution is -2.41. The van der Waals surface area contributed by atoms with Gasteiger partial charge in [0.05, 0.1) is 9.92 Å². The molecular weight excluding hydrogens is 451 g/mol. The van der Waals surface area contributed by atoms with Crippen molar-refractivity contribution in [1.29, 1.82) is 0 Å². The fourth-order valence-electron chi connectivity index (χ4n) is 3.44. The lowest BCUT2D eigenvalue weighted by Gasteiger charge is -2.30. The summed E-state index contributed by atoms with van der Waals surface area (Å²) in [5, 5.41) is 12.2. The van der Waals surface area contributed by atoms with Crippen molar-refractivity contribution in [2.24, 2.45) is 5.92 Å². The van der Waals surface area contributed by atoms with Crippen molar-refractivity contribution >= 4 is 44.0 Å². The van der Waals surface area contributed by atoms with Crippen molar-refractivity contribution in [1.82, 2.24) is 14.5 Å². The Bertz CT molecular complexity index is 1000. The number of carbonyl (C=O) groups excluding carboxylic acids is 1. The van der Waals surface area contributed by atoms with E-state index in [0.29, 0.717) is 23.9 Å². The first-order chi connectivity index (χ1) is 14.3. The Morgan fingerprint density at radius 2 is 1.97 bits per heavy atom. The molecule has 1 amide bonds. The van der Waals surface area contributed by atoms with Gasteiger partial charge in [0.25, 0.3) is 0 Å². The summed E-state index contributed by atoms with van der Waals surface area (Å²) in [6.07, 6.45) is 2.70. The molecule has 1 N–H and O–H groups in total. The number of hydrogen-bond donors (Lipinski definition) is 1. The summed E-state index contributed by atoms with van der Waals surface area (Å²) in [6.45, 7) is 4.58. The summed E-state index contributed by atoms with van der Waals surface area (Å²) < 4.78 is 40.2. The molecule has 0 aliphatic carbocycles. The average Bonchev–Trinajstić information content (AvgIpc) is 3.19. The van der Waals surface area contributed by atoms with E-state index < -0.39 is 15.8 Å². The van der Waals surface area contributed by atoms with Crippen molar-refractivity contribution in [2.75, 3.05) is 18.4 Å². The first kappa shape index (κ1) is 23.1. The molecule has 0 bridgehead atoms. The molecule has 1 aliphatic heterocycles. The highest BCUT2D eigenvalue weighted by molar-refractivity contribution is 7.89. The summed E-state index contributed by atoms with van der Waals surface area (Å²) in [7, 11) is -3.79. The van der Waals surface area contributed by atoms with Gasteiger partial charge in [0.15, 0.2) is 0 Å². The maximum Gasteiger partial charge on any atom is 0.243 e. The van der Waals surface area contributed by atoms with Gasteiger partial charge < -0.3 is 5.32 Å². The zero-order valence-corrected chi connectivity index (χ0v) is 19.2. The molecule has 1 fully saturated rings.